The van der Waals surface area contributed by atoms with E-state index in [0.29, 0.717) is 30.8 Å². The summed E-state index contributed by atoms with van der Waals surface area (Å²) in [6.07, 6.45) is 1.25. The predicted molar refractivity (Wildman–Crippen MR) is 133 cm³/mol. The zero-order valence-electron chi connectivity index (χ0n) is 20.4. The second kappa shape index (κ2) is 10.4. The Morgan fingerprint density at radius 2 is 1.94 bits per heavy atom. The lowest BCUT2D eigenvalue weighted by Crippen LogP contribution is -2.58. The number of aryl methyl sites for hydroxylation is 1. The smallest absolute Gasteiger partial charge is 0.251 e. The Labute approximate surface area is 205 Å². The first kappa shape index (κ1) is 24.6. The number of pyridine rings is 1. The molecule has 0 bridgehead atoms. The Morgan fingerprint density at radius 3 is 2.66 bits per heavy atom. The summed E-state index contributed by atoms with van der Waals surface area (Å²) in [4.78, 5) is 31.8. The van der Waals surface area contributed by atoms with Crippen molar-refractivity contribution in [3.8, 4) is 5.75 Å². The van der Waals surface area contributed by atoms with Gasteiger partial charge in [0, 0.05) is 34.8 Å². The number of piperidine rings is 1. The van der Waals surface area contributed by atoms with Crippen LogP contribution in [0.5, 0.6) is 5.75 Å². The molecule has 8 heteroatoms. The molecule has 1 aromatic heterocycles. The number of nitrogens with zero attached hydrogens (tertiary/aromatic N) is 2. The highest BCUT2D eigenvalue weighted by atomic mass is 16.5. The first-order valence-electron chi connectivity index (χ1n) is 11.8. The van der Waals surface area contributed by atoms with E-state index in [1.807, 2.05) is 44.3 Å². The molecule has 2 atom stereocenters. The van der Waals surface area contributed by atoms with Crippen LogP contribution in [0.3, 0.4) is 0 Å². The minimum atomic E-state index is -0.717. The summed E-state index contributed by atoms with van der Waals surface area (Å²) in [5.74, 6) is -0.109. The molecule has 1 aliphatic heterocycles. The van der Waals surface area contributed by atoms with E-state index in [1.165, 1.54) is 0 Å². The molecule has 8 nitrogen and oxygen atoms in total. The first-order chi connectivity index (χ1) is 16.8. The number of amides is 2. The monoisotopic (exact) mass is 476 g/mol. The summed E-state index contributed by atoms with van der Waals surface area (Å²) in [7, 11) is 2.03. The third-order valence-corrected chi connectivity index (χ3v) is 6.82. The molecule has 1 aliphatic rings. The molecule has 35 heavy (non-hydrogen) atoms. The number of nitrogens with one attached hydrogen (secondary N) is 2. The average molecular weight is 477 g/mol. The van der Waals surface area contributed by atoms with Gasteiger partial charge in [-0.2, -0.15) is 0 Å². The van der Waals surface area contributed by atoms with Crippen molar-refractivity contribution in [2.24, 2.45) is 0 Å². The molecule has 2 aromatic carbocycles. The van der Waals surface area contributed by atoms with Crippen molar-refractivity contribution >= 4 is 22.7 Å². The molecule has 1 saturated heterocycles. The number of likely N-dealkylation sites (tertiary alicyclic amines) is 1. The SMILES string of the molecule is Cc1cc(COc2ccc(C(=O)NC3(CC(=O)NO)CCN(C)C(C)C3)cc2)c2ccccc2n1. The van der Waals surface area contributed by atoms with Crippen molar-refractivity contribution < 1.29 is 19.5 Å². The highest BCUT2D eigenvalue weighted by Gasteiger charge is 2.40. The molecule has 1 fully saturated rings. The van der Waals surface area contributed by atoms with Crippen molar-refractivity contribution in [2.75, 3.05) is 13.6 Å². The molecule has 0 spiro atoms. The minimum Gasteiger partial charge on any atom is -0.489 e. The summed E-state index contributed by atoms with van der Waals surface area (Å²) in [5.41, 5.74) is 4.39. The molecule has 0 saturated carbocycles. The molecule has 2 unspecified atom stereocenters. The van der Waals surface area contributed by atoms with Gasteiger partial charge >= 0.3 is 0 Å². The largest absolute Gasteiger partial charge is 0.489 e. The molecule has 2 amide bonds. The number of hydrogen-bond donors (Lipinski definition) is 3. The topological polar surface area (TPSA) is 104 Å². The van der Waals surface area contributed by atoms with Crippen LogP contribution in [0.2, 0.25) is 0 Å². The van der Waals surface area contributed by atoms with Crippen molar-refractivity contribution in [3.05, 3.63) is 71.4 Å². The van der Waals surface area contributed by atoms with Gasteiger partial charge in [-0.15, -0.1) is 0 Å². The number of hydroxylamine groups is 1. The van der Waals surface area contributed by atoms with Crippen molar-refractivity contribution in [1.82, 2.24) is 20.7 Å². The Balaban J connectivity index is 1.44. The van der Waals surface area contributed by atoms with E-state index in [1.54, 1.807) is 29.7 Å². The van der Waals surface area contributed by atoms with Crippen LogP contribution in [0.15, 0.2) is 54.6 Å². The highest BCUT2D eigenvalue weighted by molar-refractivity contribution is 5.95. The maximum Gasteiger partial charge on any atom is 0.251 e. The molecule has 3 aromatic rings. The standard InChI is InChI=1S/C27H32N4O4/c1-18-14-21(23-6-4-5-7-24(23)28-18)17-35-22-10-8-20(9-11-22)26(33)29-27(16-25(32)30-34)12-13-31(3)19(2)15-27/h4-11,14,19,34H,12-13,15-17H2,1-3H3,(H,29,33)(H,30,32). The average Bonchev–Trinajstić information content (AvgIpc) is 2.85. The molecule has 2 heterocycles. The Morgan fingerprint density at radius 1 is 1.20 bits per heavy atom. The quantitative estimate of drug-likeness (QED) is 0.356. The maximum atomic E-state index is 13.1. The zero-order valence-corrected chi connectivity index (χ0v) is 20.4. The van der Waals surface area contributed by atoms with Gasteiger partial charge in [0.2, 0.25) is 5.91 Å². The number of fused-ring (bicyclic) bond motifs is 1. The van der Waals surface area contributed by atoms with Crippen LogP contribution in [0.1, 0.15) is 47.8 Å². The van der Waals surface area contributed by atoms with Crippen molar-refractivity contribution in [3.63, 3.8) is 0 Å². The van der Waals surface area contributed by atoms with Crippen LogP contribution in [-0.4, -0.2) is 52.1 Å². The highest BCUT2D eigenvalue weighted by Crippen LogP contribution is 2.30. The Hall–Kier alpha value is -3.49. The van der Waals surface area contributed by atoms with E-state index >= 15 is 0 Å². The maximum absolute atomic E-state index is 13.1. The Bertz CT molecular complexity index is 1210. The summed E-state index contributed by atoms with van der Waals surface area (Å²) < 4.78 is 6.01. The van der Waals surface area contributed by atoms with Crippen LogP contribution < -0.4 is 15.5 Å². The van der Waals surface area contributed by atoms with Gasteiger partial charge in [-0.3, -0.25) is 19.8 Å². The van der Waals surface area contributed by atoms with Gasteiger partial charge in [-0.1, -0.05) is 18.2 Å². The molecule has 3 N–H and O–H groups in total. The molecule has 4 rings (SSSR count). The van der Waals surface area contributed by atoms with Gasteiger partial charge in [-0.05, 0) is 70.1 Å². The summed E-state index contributed by atoms with van der Waals surface area (Å²) >= 11 is 0. The molecule has 184 valence electrons. The third-order valence-electron chi connectivity index (χ3n) is 6.82. The number of ether oxygens (including phenoxy) is 1. The molecular weight excluding hydrogens is 444 g/mol. The lowest BCUT2D eigenvalue weighted by molar-refractivity contribution is -0.131. The van der Waals surface area contributed by atoms with E-state index < -0.39 is 11.4 Å². The second-order valence-corrected chi connectivity index (χ2v) is 9.48. The lowest BCUT2D eigenvalue weighted by atomic mass is 9.80. The van der Waals surface area contributed by atoms with E-state index in [0.717, 1.165) is 28.7 Å². The summed E-state index contributed by atoms with van der Waals surface area (Å²) in [6, 6.07) is 17.2. The van der Waals surface area contributed by atoms with E-state index in [4.69, 9.17) is 9.94 Å². The number of para-hydroxylation sites is 1. The predicted octanol–water partition coefficient (Wildman–Crippen LogP) is 3.60. The fourth-order valence-electron chi connectivity index (χ4n) is 4.79. The second-order valence-electron chi connectivity index (χ2n) is 9.48. The van der Waals surface area contributed by atoms with Crippen molar-refractivity contribution in [2.45, 2.75) is 51.3 Å². The van der Waals surface area contributed by atoms with E-state index in [2.05, 4.69) is 22.1 Å². The van der Waals surface area contributed by atoms with Gasteiger partial charge < -0.3 is 15.0 Å². The number of carbonyl (C=O) groups is 2. The van der Waals surface area contributed by atoms with E-state index in [9.17, 15) is 9.59 Å². The number of hydrogen-bond acceptors (Lipinski definition) is 6. The first-order valence-corrected chi connectivity index (χ1v) is 11.8. The van der Waals surface area contributed by atoms with Crippen LogP contribution in [-0.2, 0) is 11.4 Å². The van der Waals surface area contributed by atoms with Gasteiger partial charge in [0.05, 0.1) is 17.5 Å². The lowest BCUT2D eigenvalue weighted by Gasteiger charge is -2.44. The van der Waals surface area contributed by atoms with Crippen molar-refractivity contribution in [1.29, 1.82) is 0 Å². The minimum absolute atomic E-state index is 0.0217. The van der Waals surface area contributed by atoms with Crippen LogP contribution in [0, 0.1) is 6.92 Å². The number of carbonyl (C=O) groups excluding carboxylic acids is 2. The van der Waals surface area contributed by atoms with Gasteiger partial charge in [0.25, 0.3) is 5.91 Å². The molecule has 0 aliphatic carbocycles. The third kappa shape index (κ3) is 5.78. The molecule has 0 radical (unpaired) electrons. The number of benzene rings is 2. The van der Waals surface area contributed by atoms with Crippen LogP contribution in [0.4, 0.5) is 0 Å². The number of aromatic nitrogens is 1. The fourth-order valence-corrected chi connectivity index (χ4v) is 4.79. The van der Waals surface area contributed by atoms with E-state index in [-0.39, 0.29) is 18.4 Å². The summed E-state index contributed by atoms with van der Waals surface area (Å²) in [6.45, 7) is 5.16. The fraction of sp³-hybridized carbons (Fsp3) is 0.370. The van der Waals surface area contributed by atoms with Gasteiger partial charge in [-0.25, -0.2) is 5.48 Å². The van der Waals surface area contributed by atoms with Crippen LogP contribution in [0.25, 0.3) is 10.9 Å². The van der Waals surface area contributed by atoms with Gasteiger partial charge in [0.1, 0.15) is 12.4 Å². The summed E-state index contributed by atoms with van der Waals surface area (Å²) in [5, 5.41) is 13.2. The van der Waals surface area contributed by atoms with Crippen LogP contribution >= 0.6 is 0 Å². The normalized spacial score (nSPS) is 20.4. The zero-order chi connectivity index (χ0) is 25.0. The molecular formula is C27H32N4O4. The number of rotatable bonds is 7. The Kier molecular flexibility index (Phi) is 7.33. The van der Waals surface area contributed by atoms with Gasteiger partial charge in [0.15, 0.2) is 0 Å².